The van der Waals surface area contributed by atoms with Gasteiger partial charge in [0, 0.05) is 13.1 Å². The highest BCUT2D eigenvalue weighted by Gasteiger charge is 2.26. The number of hydrogen-bond acceptors (Lipinski definition) is 4. The number of imide groups is 1. The molecule has 0 unspecified atom stereocenters. The molecule has 23 heavy (non-hydrogen) atoms. The lowest BCUT2D eigenvalue weighted by atomic mass is 10.0. The average Bonchev–Trinajstić information content (AvgIpc) is 3.01. The summed E-state index contributed by atoms with van der Waals surface area (Å²) in [5, 5.41) is 9.06. The van der Waals surface area contributed by atoms with Gasteiger partial charge in [-0.05, 0) is 41.9 Å². The number of nitrogens with one attached hydrogen (secondary N) is 2. The Kier molecular flexibility index (Phi) is 6.31. The van der Waals surface area contributed by atoms with E-state index in [0.717, 1.165) is 11.1 Å². The zero-order valence-electron chi connectivity index (χ0n) is 13.3. The quantitative estimate of drug-likeness (QED) is 0.855. The van der Waals surface area contributed by atoms with Crippen LogP contribution in [0.1, 0.15) is 24.1 Å². The van der Waals surface area contributed by atoms with Crippen LogP contribution in [0.15, 0.2) is 47.2 Å². The van der Waals surface area contributed by atoms with Crippen LogP contribution in [0.5, 0.6) is 0 Å². The Morgan fingerprint density at radius 2 is 1.96 bits per heavy atom. The van der Waals surface area contributed by atoms with E-state index in [0.29, 0.717) is 13.1 Å². The Hall–Kier alpha value is -2.18. The first-order chi connectivity index (χ1) is 11.1. The lowest BCUT2D eigenvalue weighted by Gasteiger charge is -2.27. The van der Waals surface area contributed by atoms with Crippen LogP contribution in [0, 0.1) is 0 Å². The van der Waals surface area contributed by atoms with Gasteiger partial charge in [-0.2, -0.15) is 11.3 Å². The molecule has 1 heterocycles. The van der Waals surface area contributed by atoms with Crippen LogP contribution in [0.25, 0.3) is 0 Å². The van der Waals surface area contributed by atoms with Crippen LogP contribution >= 0.6 is 11.3 Å². The molecule has 0 saturated carbocycles. The van der Waals surface area contributed by atoms with Crippen molar-refractivity contribution in [1.82, 2.24) is 15.5 Å². The molecule has 0 saturated heterocycles. The predicted molar refractivity (Wildman–Crippen MR) is 92.2 cm³/mol. The number of carbonyl (C=O) groups excluding carboxylic acids is 2. The van der Waals surface area contributed by atoms with Crippen LogP contribution in [-0.4, -0.2) is 30.4 Å². The number of carbonyl (C=O) groups is 2. The second-order valence-electron chi connectivity index (χ2n) is 5.21. The Balaban J connectivity index is 2.17. The van der Waals surface area contributed by atoms with Gasteiger partial charge in [0.25, 0.3) is 0 Å². The fourth-order valence-corrected chi connectivity index (χ4v) is 3.05. The third-order valence-electron chi connectivity index (χ3n) is 3.39. The molecule has 6 heteroatoms. The molecule has 0 aliphatic carbocycles. The molecular formula is C17H21N3O2S. The van der Waals surface area contributed by atoms with E-state index < -0.39 is 12.1 Å². The van der Waals surface area contributed by atoms with Gasteiger partial charge < -0.3 is 5.32 Å². The number of hydrogen-bond donors (Lipinski definition) is 2. The average molecular weight is 331 g/mol. The standard InChI is InChI=1S/C17H21N3O2S/c1-3-18-17(22)19-16(21)15(14-7-5-4-6-8-14)20(2)11-13-9-10-23-12-13/h4-10,12,15H,3,11H2,1-2H3,(H2,18,19,21,22)/t15-/m0/s1. The third-order valence-corrected chi connectivity index (χ3v) is 4.12. The number of thiophene rings is 1. The van der Waals surface area contributed by atoms with Crippen molar-refractivity contribution in [3.63, 3.8) is 0 Å². The molecular weight excluding hydrogens is 310 g/mol. The minimum absolute atomic E-state index is 0.333. The smallest absolute Gasteiger partial charge is 0.321 e. The summed E-state index contributed by atoms with van der Waals surface area (Å²) in [6.07, 6.45) is 0. The second-order valence-corrected chi connectivity index (χ2v) is 5.99. The molecule has 2 aromatic rings. The van der Waals surface area contributed by atoms with Gasteiger partial charge in [-0.1, -0.05) is 30.3 Å². The van der Waals surface area contributed by atoms with Crippen LogP contribution in [0.3, 0.4) is 0 Å². The molecule has 1 atom stereocenters. The number of urea groups is 1. The van der Waals surface area contributed by atoms with Crippen LogP contribution < -0.4 is 10.6 Å². The molecule has 5 nitrogen and oxygen atoms in total. The van der Waals surface area contributed by atoms with E-state index in [9.17, 15) is 9.59 Å². The summed E-state index contributed by atoms with van der Waals surface area (Å²) < 4.78 is 0. The summed E-state index contributed by atoms with van der Waals surface area (Å²) in [6, 6.07) is 10.5. The minimum Gasteiger partial charge on any atom is -0.338 e. The van der Waals surface area contributed by atoms with Gasteiger partial charge >= 0.3 is 6.03 Å². The fraction of sp³-hybridized carbons (Fsp3) is 0.294. The molecule has 3 amide bonds. The topological polar surface area (TPSA) is 61.4 Å². The van der Waals surface area contributed by atoms with E-state index in [2.05, 4.69) is 16.0 Å². The largest absolute Gasteiger partial charge is 0.338 e. The van der Waals surface area contributed by atoms with E-state index in [1.165, 1.54) is 0 Å². The molecule has 0 radical (unpaired) electrons. The van der Waals surface area contributed by atoms with E-state index in [1.54, 1.807) is 18.3 Å². The van der Waals surface area contributed by atoms with Crippen LogP contribution in [0.2, 0.25) is 0 Å². The minimum atomic E-state index is -0.529. The molecule has 2 N–H and O–H groups in total. The highest BCUT2D eigenvalue weighted by atomic mass is 32.1. The first-order valence-corrected chi connectivity index (χ1v) is 8.41. The molecule has 0 bridgehead atoms. The summed E-state index contributed by atoms with van der Waals surface area (Å²) >= 11 is 1.62. The molecule has 0 aliphatic rings. The molecule has 122 valence electrons. The fourth-order valence-electron chi connectivity index (χ4n) is 2.39. The number of amides is 3. The normalized spacial score (nSPS) is 12.0. The lowest BCUT2D eigenvalue weighted by Crippen LogP contribution is -2.45. The molecule has 0 aliphatic heterocycles. The van der Waals surface area contributed by atoms with Crippen molar-refractivity contribution < 1.29 is 9.59 Å². The lowest BCUT2D eigenvalue weighted by molar-refractivity contribution is -0.125. The maximum absolute atomic E-state index is 12.6. The van der Waals surface area contributed by atoms with Crippen LogP contribution in [-0.2, 0) is 11.3 Å². The van der Waals surface area contributed by atoms with Gasteiger partial charge in [0.2, 0.25) is 5.91 Å². The van der Waals surface area contributed by atoms with Crippen molar-refractivity contribution in [2.75, 3.05) is 13.6 Å². The number of rotatable bonds is 6. The van der Waals surface area contributed by atoms with Crippen molar-refractivity contribution in [3.05, 3.63) is 58.3 Å². The van der Waals surface area contributed by atoms with E-state index in [4.69, 9.17) is 0 Å². The highest BCUT2D eigenvalue weighted by molar-refractivity contribution is 7.07. The SMILES string of the molecule is CCNC(=O)NC(=O)[C@H](c1ccccc1)N(C)Cc1ccsc1. The van der Waals surface area contributed by atoms with Gasteiger partial charge in [0.05, 0.1) is 0 Å². The van der Waals surface area contributed by atoms with Crippen molar-refractivity contribution in [1.29, 1.82) is 0 Å². The highest BCUT2D eigenvalue weighted by Crippen LogP contribution is 2.22. The van der Waals surface area contributed by atoms with Gasteiger partial charge in [-0.15, -0.1) is 0 Å². The van der Waals surface area contributed by atoms with Gasteiger partial charge in [0.15, 0.2) is 0 Å². The maximum Gasteiger partial charge on any atom is 0.321 e. The third kappa shape index (κ3) is 4.91. The summed E-state index contributed by atoms with van der Waals surface area (Å²) in [6.45, 7) is 2.91. The molecule has 0 fully saturated rings. The van der Waals surface area contributed by atoms with E-state index in [1.807, 2.05) is 53.7 Å². The summed E-state index contributed by atoms with van der Waals surface area (Å²) in [4.78, 5) is 26.2. The zero-order chi connectivity index (χ0) is 16.7. The molecule has 2 rings (SSSR count). The van der Waals surface area contributed by atoms with Crippen LogP contribution in [0.4, 0.5) is 4.79 Å². The zero-order valence-corrected chi connectivity index (χ0v) is 14.1. The summed E-state index contributed by atoms with van der Waals surface area (Å²) in [5.74, 6) is -0.333. The molecule has 1 aromatic heterocycles. The second kappa shape index (κ2) is 8.45. The summed E-state index contributed by atoms with van der Waals surface area (Å²) in [5.41, 5.74) is 2.00. The maximum atomic E-state index is 12.6. The van der Waals surface area contributed by atoms with Crippen molar-refractivity contribution in [2.45, 2.75) is 19.5 Å². The molecule has 1 aromatic carbocycles. The number of nitrogens with zero attached hydrogens (tertiary/aromatic N) is 1. The van der Waals surface area contributed by atoms with E-state index >= 15 is 0 Å². The molecule has 0 spiro atoms. The monoisotopic (exact) mass is 331 g/mol. The van der Waals surface area contributed by atoms with Gasteiger partial charge in [-0.3, -0.25) is 15.0 Å². The predicted octanol–water partition coefficient (Wildman–Crippen LogP) is 2.77. The number of likely N-dealkylation sites (N-methyl/N-ethyl adjacent to an activating group) is 1. The Labute approximate surface area is 140 Å². The van der Waals surface area contributed by atoms with Crippen molar-refractivity contribution in [2.24, 2.45) is 0 Å². The van der Waals surface area contributed by atoms with Gasteiger partial charge in [0.1, 0.15) is 6.04 Å². The van der Waals surface area contributed by atoms with Crippen molar-refractivity contribution >= 4 is 23.3 Å². The summed E-state index contributed by atoms with van der Waals surface area (Å²) in [7, 11) is 1.88. The Morgan fingerprint density at radius 1 is 1.22 bits per heavy atom. The first-order valence-electron chi connectivity index (χ1n) is 7.46. The van der Waals surface area contributed by atoms with Gasteiger partial charge in [-0.25, -0.2) is 4.79 Å². The van der Waals surface area contributed by atoms with E-state index in [-0.39, 0.29) is 5.91 Å². The first kappa shape index (κ1) is 17.2. The van der Waals surface area contributed by atoms with Crippen molar-refractivity contribution in [3.8, 4) is 0 Å². The Bertz CT molecular complexity index is 629. The Morgan fingerprint density at radius 3 is 2.57 bits per heavy atom. The number of benzene rings is 1.